The molecule has 3 heteroatoms. The molecule has 0 fully saturated rings. The number of para-hydroxylation sites is 1. The van der Waals surface area contributed by atoms with Crippen molar-refractivity contribution in [1.29, 1.82) is 0 Å². The van der Waals surface area contributed by atoms with Gasteiger partial charge in [-0.3, -0.25) is 4.79 Å². The molecule has 0 unspecified atom stereocenters. The van der Waals surface area contributed by atoms with Gasteiger partial charge in [0, 0.05) is 30.6 Å². The van der Waals surface area contributed by atoms with Crippen LogP contribution < -0.4 is 4.90 Å². The first-order chi connectivity index (χ1) is 6.79. The standard InChI is InChI=1S/C11H15NOS/c1-12(7-8-14-2)11-6-4-3-5-10(11)9-13/h3-6,9H,7-8H2,1-2H3. The predicted octanol–water partition coefficient (Wildman–Crippen LogP) is 2.30. The molecule has 0 saturated heterocycles. The highest BCUT2D eigenvalue weighted by Crippen LogP contribution is 2.17. The van der Waals surface area contributed by atoms with E-state index in [0.29, 0.717) is 0 Å². The maximum Gasteiger partial charge on any atom is 0.152 e. The summed E-state index contributed by atoms with van der Waals surface area (Å²) in [5, 5.41) is 0. The van der Waals surface area contributed by atoms with Crippen LogP contribution in [-0.2, 0) is 0 Å². The highest BCUT2D eigenvalue weighted by atomic mass is 32.2. The molecule has 1 aromatic carbocycles. The minimum absolute atomic E-state index is 0.760. The third-order valence-electron chi connectivity index (χ3n) is 2.11. The zero-order valence-corrected chi connectivity index (χ0v) is 9.38. The molecule has 0 aromatic heterocycles. The van der Waals surface area contributed by atoms with E-state index in [-0.39, 0.29) is 0 Å². The van der Waals surface area contributed by atoms with Crippen LogP contribution in [0.25, 0.3) is 0 Å². The molecule has 0 saturated carbocycles. The van der Waals surface area contributed by atoms with Crippen molar-refractivity contribution in [3.8, 4) is 0 Å². The average Bonchev–Trinajstić information content (AvgIpc) is 2.25. The highest BCUT2D eigenvalue weighted by Gasteiger charge is 2.04. The molecule has 0 amide bonds. The highest BCUT2D eigenvalue weighted by molar-refractivity contribution is 7.98. The molecule has 2 nitrogen and oxygen atoms in total. The van der Waals surface area contributed by atoms with E-state index in [2.05, 4.69) is 11.2 Å². The Labute approximate surface area is 89.3 Å². The number of nitrogens with zero attached hydrogens (tertiary/aromatic N) is 1. The van der Waals surface area contributed by atoms with Gasteiger partial charge in [0.2, 0.25) is 0 Å². The van der Waals surface area contributed by atoms with Crippen LogP contribution in [0.2, 0.25) is 0 Å². The predicted molar refractivity (Wildman–Crippen MR) is 63.5 cm³/mol. The fraction of sp³-hybridized carbons (Fsp3) is 0.364. The van der Waals surface area contributed by atoms with Crippen molar-refractivity contribution in [2.24, 2.45) is 0 Å². The fourth-order valence-electron chi connectivity index (χ4n) is 1.28. The van der Waals surface area contributed by atoms with Gasteiger partial charge < -0.3 is 4.90 Å². The Morgan fingerprint density at radius 2 is 2.14 bits per heavy atom. The van der Waals surface area contributed by atoms with E-state index in [9.17, 15) is 4.79 Å². The van der Waals surface area contributed by atoms with Crippen molar-refractivity contribution in [3.63, 3.8) is 0 Å². The summed E-state index contributed by atoms with van der Waals surface area (Å²) in [6.45, 7) is 0.964. The molecule has 0 heterocycles. The van der Waals surface area contributed by atoms with Gasteiger partial charge in [-0.05, 0) is 18.4 Å². The van der Waals surface area contributed by atoms with Gasteiger partial charge >= 0.3 is 0 Å². The molecule has 0 radical (unpaired) electrons. The van der Waals surface area contributed by atoms with Gasteiger partial charge in [0.05, 0.1) is 0 Å². The zero-order valence-electron chi connectivity index (χ0n) is 8.56. The Bertz CT molecular complexity index is 301. The summed E-state index contributed by atoms with van der Waals surface area (Å²) in [5.41, 5.74) is 1.77. The molecule has 1 rings (SSSR count). The summed E-state index contributed by atoms with van der Waals surface area (Å²) in [6, 6.07) is 7.66. The third-order valence-corrected chi connectivity index (χ3v) is 2.70. The van der Waals surface area contributed by atoms with Crippen molar-refractivity contribution in [2.75, 3.05) is 30.5 Å². The molecule has 0 aliphatic heterocycles. The van der Waals surface area contributed by atoms with E-state index in [1.165, 1.54) is 0 Å². The molecule has 0 N–H and O–H groups in total. The number of hydrogen-bond acceptors (Lipinski definition) is 3. The van der Waals surface area contributed by atoms with Gasteiger partial charge in [0.15, 0.2) is 6.29 Å². The summed E-state index contributed by atoms with van der Waals surface area (Å²) < 4.78 is 0. The normalized spacial score (nSPS) is 9.86. The summed E-state index contributed by atoms with van der Waals surface area (Å²) in [4.78, 5) is 12.9. The minimum Gasteiger partial charge on any atom is -0.373 e. The number of aldehydes is 1. The largest absolute Gasteiger partial charge is 0.373 e. The average molecular weight is 209 g/mol. The third kappa shape index (κ3) is 2.77. The van der Waals surface area contributed by atoms with Crippen molar-refractivity contribution >= 4 is 23.7 Å². The molecule has 0 bridgehead atoms. The first-order valence-corrected chi connectivity index (χ1v) is 5.93. The summed E-state index contributed by atoms with van der Waals surface area (Å²) >= 11 is 1.81. The van der Waals surface area contributed by atoms with E-state index in [4.69, 9.17) is 0 Å². The van der Waals surface area contributed by atoms with Crippen LogP contribution >= 0.6 is 11.8 Å². The van der Waals surface area contributed by atoms with Gasteiger partial charge in [-0.2, -0.15) is 11.8 Å². The first kappa shape index (κ1) is 11.1. The monoisotopic (exact) mass is 209 g/mol. The quantitative estimate of drug-likeness (QED) is 0.694. The lowest BCUT2D eigenvalue weighted by molar-refractivity contribution is 0.112. The van der Waals surface area contributed by atoms with Crippen LogP contribution in [0.3, 0.4) is 0 Å². The first-order valence-electron chi connectivity index (χ1n) is 4.54. The topological polar surface area (TPSA) is 20.3 Å². The van der Waals surface area contributed by atoms with E-state index < -0.39 is 0 Å². The minimum atomic E-state index is 0.760. The van der Waals surface area contributed by atoms with Crippen molar-refractivity contribution in [1.82, 2.24) is 0 Å². The van der Waals surface area contributed by atoms with Crippen LogP contribution in [0.5, 0.6) is 0 Å². The van der Waals surface area contributed by atoms with E-state index >= 15 is 0 Å². The number of hydrogen-bond donors (Lipinski definition) is 0. The number of thioether (sulfide) groups is 1. The second-order valence-corrected chi connectivity index (χ2v) is 4.08. The van der Waals surface area contributed by atoms with Gasteiger partial charge in [0.1, 0.15) is 0 Å². The molecule has 0 aliphatic carbocycles. The van der Waals surface area contributed by atoms with Crippen molar-refractivity contribution < 1.29 is 4.79 Å². The number of carbonyl (C=O) groups is 1. The molecule has 76 valence electrons. The van der Waals surface area contributed by atoms with Crippen LogP contribution in [0.15, 0.2) is 24.3 Å². The lowest BCUT2D eigenvalue weighted by Crippen LogP contribution is -2.21. The molecule has 14 heavy (non-hydrogen) atoms. The van der Waals surface area contributed by atoms with Gasteiger partial charge in [-0.1, -0.05) is 12.1 Å². The Morgan fingerprint density at radius 3 is 2.79 bits per heavy atom. The van der Waals surface area contributed by atoms with Crippen LogP contribution in [0.4, 0.5) is 5.69 Å². The second-order valence-electron chi connectivity index (χ2n) is 3.09. The van der Waals surface area contributed by atoms with E-state index in [1.807, 2.05) is 43.1 Å². The summed E-state index contributed by atoms with van der Waals surface area (Å²) in [7, 11) is 2.01. The van der Waals surface area contributed by atoms with E-state index in [1.54, 1.807) is 0 Å². The Kier molecular flexibility index (Phi) is 4.53. The fourth-order valence-corrected chi connectivity index (χ4v) is 1.74. The summed E-state index contributed by atoms with van der Waals surface area (Å²) in [6.07, 6.45) is 2.99. The number of rotatable bonds is 5. The maximum atomic E-state index is 10.8. The SMILES string of the molecule is CSCCN(C)c1ccccc1C=O. The van der Waals surface area contributed by atoms with Gasteiger partial charge in [0.25, 0.3) is 0 Å². The number of carbonyl (C=O) groups excluding carboxylic acids is 1. The van der Waals surface area contributed by atoms with Crippen molar-refractivity contribution in [3.05, 3.63) is 29.8 Å². The molecule has 0 aliphatic rings. The zero-order chi connectivity index (χ0) is 10.4. The molecule has 0 atom stereocenters. The lowest BCUT2D eigenvalue weighted by Gasteiger charge is -2.20. The lowest BCUT2D eigenvalue weighted by atomic mass is 10.2. The number of anilines is 1. The van der Waals surface area contributed by atoms with Gasteiger partial charge in [-0.25, -0.2) is 0 Å². The van der Waals surface area contributed by atoms with Crippen LogP contribution in [0.1, 0.15) is 10.4 Å². The molecule has 0 spiro atoms. The van der Waals surface area contributed by atoms with E-state index in [0.717, 1.165) is 29.8 Å². The molecular weight excluding hydrogens is 194 g/mol. The Morgan fingerprint density at radius 1 is 1.43 bits per heavy atom. The Hall–Kier alpha value is -0.960. The van der Waals surface area contributed by atoms with Crippen LogP contribution in [0, 0.1) is 0 Å². The number of benzene rings is 1. The van der Waals surface area contributed by atoms with Crippen LogP contribution in [-0.4, -0.2) is 31.9 Å². The molecular formula is C11H15NOS. The second kappa shape index (κ2) is 5.70. The molecule has 1 aromatic rings. The maximum absolute atomic E-state index is 10.8. The van der Waals surface area contributed by atoms with Gasteiger partial charge in [-0.15, -0.1) is 0 Å². The van der Waals surface area contributed by atoms with Crippen molar-refractivity contribution in [2.45, 2.75) is 0 Å². The Balaban J connectivity index is 2.77. The smallest absolute Gasteiger partial charge is 0.152 e. The summed E-state index contributed by atoms with van der Waals surface area (Å²) in [5.74, 6) is 1.07.